The van der Waals surface area contributed by atoms with Gasteiger partial charge in [-0.25, -0.2) is 8.42 Å². The molecule has 0 saturated heterocycles. The van der Waals surface area contributed by atoms with Crippen LogP contribution in [-0.4, -0.2) is 50.9 Å². The normalized spacial score (nSPS) is 11.9. The third-order valence-electron chi connectivity index (χ3n) is 7.14. The molecule has 4 aromatic rings. The highest BCUT2D eigenvalue weighted by Gasteiger charge is 2.35. The first-order valence-corrected chi connectivity index (χ1v) is 15.9. The zero-order valence-electron chi connectivity index (χ0n) is 25.5. The highest BCUT2D eigenvalue weighted by molar-refractivity contribution is 7.92. The number of methoxy groups -OCH3 is 1. The monoisotopic (exact) mass is 613 g/mol. The minimum absolute atomic E-state index is 0.0298. The number of amides is 2. The largest absolute Gasteiger partial charge is 0.495 e. The van der Waals surface area contributed by atoms with E-state index in [4.69, 9.17) is 4.74 Å². The summed E-state index contributed by atoms with van der Waals surface area (Å²) in [5.74, 6) is -0.557. The van der Waals surface area contributed by atoms with Crippen LogP contribution in [0.1, 0.15) is 30.5 Å². The Balaban J connectivity index is 1.82. The number of rotatable bonds is 13. The number of para-hydroxylation sites is 2. The van der Waals surface area contributed by atoms with Crippen molar-refractivity contribution in [3.05, 3.63) is 126 Å². The second-order valence-corrected chi connectivity index (χ2v) is 12.7. The molecule has 44 heavy (non-hydrogen) atoms. The first-order valence-electron chi connectivity index (χ1n) is 14.5. The maximum atomic E-state index is 14.5. The van der Waals surface area contributed by atoms with Gasteiger partial charge in [0.05, 0.1) is 17.7 Å². The fourth-order valence-corrected chi connectivity index (χ4v) is 6.34. The summed E-state index contributed by atoms with van der Waals surface area (Å²) in [5, 5.41) is 2.97. The Hall–Kier alpha value is -4.63. The Morgan fingerprint density at radius 1 is 0.795 bits per heavy atom. The molecule has 0 spiro atoms. The van der Waals surface area contributed by atoms with Crippen LogP contribution in [0, 0.1) is 6.92 Å². The number of nitrogens with zero attached hydrogens (tertiary/aromatic N) is 2. The van der Waals surface area contributed by atoms with E-state index in [1.807, 2.05) is 75.4 Å². The molecule has 8 nitrogen and oxygen atoms in total. The van der Waals surface area contributed by atoms with Crippen molar-refractivity contribution >= 4 is 27.5 Å². The van der Waals surface area contributed by atoms with Crippen molar-refractivity contribution in [2.75, 3.05) is 18.0 Å². The molecule has 0 heterocycles. The van der Waals surface area contributed by atoms with Crippen LogP contribution in [0.2, 0.25) is 0 Å². The standard InChI is InChI=1S/C35H39N3O5S/c1-26(2)36-35(40)32(23-28-13-7-5-8-14-28)37(24-29-21-19-27(3)20-22-29)34(39)25-38(31-17-11-12-18-33(31)43-4)44(41,42)30-15-9-6-10-16-30/h5-22,26,32H,23-25H2,1-4H3,(H,36,40). The zero-order chi connectivity index (χ0) is 31.7. The number of hydrogen-bond acceptors (Lipinski definition) is 5. The van der Waals surface area contributed by atoms with E-state index in [1.165, 1.54) is 24.1 Å². The van der Waals surface area contributed by atoms with E-state index >= 15 is 0 Å². The quantitative estimate of drug-likeness (QED) is 0.219. The molecule has 0 radical (unpaired) electrons. The van der Waals surface area contributed by atoms with E-state index in [1.54, 1.807) is 42.5 Å². The van der Waals surface area contributed by atoms with Crippen LogP contribution in [0.3, 0.4) is 0 Å². The molecule has 0 aliphatic carbocycles. The minimum atomic E-state index is -4.21. The number of aryl methyl sites for hydroxylation is 1. The van der Waals surface area contributed by atoms with Crippen LogP contribution >= 0.6 is 0 Å². The first kappa shape index (κ1) is 32.3. The average Bonchev–Trinajstić information content (AvgIpc) is 3.02. The van der Waals surface area contributed by atoms with Crippen molar-refractivity contribution in [3.8, 4) is 5.75 Å². The van der Waals surface area contributed by atoms with Crippen LogP contribution in [0.5, 0.6) is 5.75 Å². The Morgan fingerprint density at radius 3 is 2.00 bits per heavy atom. The highest BCUT2D eigenvalue weighted by Crippen LogP contribution is 2.32. The zero-order valence-corrected chi connectivity index (χ0v) is 26.3. The predicted molar refractivity (Wildman–Crippen MR) is 173 cm³/mol. The van der Waals surface area contributed by atoms with Gasteiger partial charge in [0.25, 0.3) is 10.0 Å². The van der Waals surface area contributed by atoms with E-state index in [0.29, 0.717) is 5.75 Å². The van der Waals surface area contributed by atoms with Crippen molar-refractivity contribution in [1.82, 2.24) is 10.2 Å². The van der Waals surface area contributed by atoms with Crippen LogP contribution in [0.4, 0.5) is 5.69 Å². The first-order chi connectivity index (χ1) is 21.1. The lowest BCUT2D eigenvalue weighted by Crippen LogP contribution is -2.54. The number of anilines is 1. The molecule has 9 heteroatoms. The number of carbonyl (C=O) groups is 2. The SMILES string of the molecule is COc1ccccc1N(CC(=O)N(Cc1ccc(C)cc1)C(Cc1ccccc1)C(=O)NC(C)C)S(=O)(=O)c1ccccc1. The Bertz CT molecular complexity index is 1640. The van der Waals surface area contributed by atoms with Gasteiger partial charge in [0.15, 0.2) is 0 Å². The molecule has 1 unspecified atom stereocenters. The van der Waals surface area contributed by atoms with E-state index < -0.39 is 28.5 Å². The van der Waals surface area contributed by atoms with Gasteiger partial charge in [-0.2, -0.15) is 0 Å². The fourth-order valence-electron chi connectivity index (χ4n) is 4.89. The number of nitrogens with one attached hydrogen (secondary N) is 1. The summed E-state index contributed by atoms with van der Waals surface area (Å²) in [6.45, 7) is 5.25. The third-order valence-corrected chi connectivity index (χ3v) is 8.91. The molecule has 0 bridgehead atoms. The topological polar surface area (TPSA) is 96.0 Å². The number of benzene rings is 4. The van der Waals surface area contributed by atoms with Crippen LogP contribution < -0.4 is 14.4 Å². The molecule has 0 fully saturated rings. The molecular formula is C35H39N3O5S. The molecule has 0 aliphatic heterocycles. The van der Waals surface area contributed by atoms with E-state index in [2.05, 4.69) is 5.32 Å². The van der Waals surface area contributed by atoms with Gasteiger partial charge in [0, 0.05) is 19.0 Å². The van der Waals surface area contributed by atoms with E-state index in [-0.39, 0.29) is 35.5 Å². The predicted octanol–water partition coefficient (Wildman–Crippen LogP) is 5.36. The van der Waals surface area contributed by atoms with Crippen molar-refractivity contribution in [3.63, 3.8) is 0 Å². The van der Waals surface area contributed by atoms with Crippen molar-refractivity contribution in [1.29, 1.82) is 0 Å². The number of carbonyl (C=O) groups excluding carboxylic acids is 2. The molecule has 0 aliphatic rings. The number of sulfonamides is 1. The maximum absolute atomic E-state index is 14.5. The lowest BCUT2D eigenvalue weighted by Gasteiger charge is -2.34. The summed E-state index contributed by atoms with van der Waals surface area (Å²) in [7, 11) is -2.76. The Labute approximate surface area is 260 Å². The molecule has 2 amide bonds. The maximum Gasteiger partial charge on any atom is 0.264 e. The van der Waals surface area contributed by atoms with Crippen molar-refractivity contribution in [2.45, 2.75) is 50.7 Å². The van der Waals surface area contributed by atoms with E-state index in [9.17, 15) is 18.0 Å². The summed E-state index contributed by atoms with van der Waals surface area (Å²) in [5.41, 5.74) is 2.96. The molecule has 0 aromatic heterocycles. The Kier molecular flexibility index (Phi) is 10.8. The molecule has 4 rings (SSSR count). The Morgan fingerprint density at radius 2 is 1.39 bits per heavy atom. The van der Waals surface area contributed by atoms with Crippen LogP contribution in [-0.2, 0) is 32.6 Å². The number of hydrogen-bond donors (Lipinski definition) is 1. The molecule has 1 N–H and O–H groups in total. The second-order valence-electron chi connectivity index (χ2n) is 10.9. The van der Waals surface area contributed by atoms with Gasteiger partial charge in [-0.05, 0) is 56.2 Å². The van der Waals surface area contributed by atoms with Gasteiger partial charge in [-0.1, -0.05) is 90.5 Å². The van der Waals surface area contributed by atoms with E-state index in [0.717, 1.165) is 21.0 Å². The highest BCUT2D eigenvalue weighted by atomic mass is 32.2. The fraction of sp³-hybridized carbons (Fsp3) is 0.257. The van der Waals surface area contributed by atoms with Crippen molar-refractivity contribution in [2.24, 2.45) is 0 Å². The summed E-state index contributed by atoms with van der Waals surface area (Å²) in [6, 6.07) is 30.7. The van der Waals surface area contributed by atoms with Crippen LogP contribution in [0.15, 0.2) is 114 Å². The lowest BCUT2D eigenvalue weighted by molar-refractivity contribution is -0.140. The number of ether oxygens (including phenoxy) is 1. The summed E-state index contributed by atoms with van der Waals surface area (Å²) in [6.07, 6.45) is 0.247. The molecule has 4 aromatic carbocycles. The van der Waals surface area contributed by atoms with Gasteiger partial charge >= 0.3 is 0 Å². The van der Waals surface area contributed by atoms with Crippen molar-refractivity contribution < 1.29 is 22.7 Å². The molecule has 230 valence electrons. The van der Waals surface area contributed by atoms with Gasteiger partial charge in [0.2, 0.25) is 11.8 Å². The molecular weight excluding hydrogens is 574 g/mol. The average molecular weight is 614 g/mol. The summed E-state index contributed by atoms with van der Waals surface area (Å²) in [4.78, 5) is 29.8. The molecule has 0 saturated carbocycles. The summed E-state index contributed by atoms with van der Waals surface area (Å²) >= 11 is 0. The second kappa shape index (κ2) is 14.7. The minimum Gasteiger partial charge on any atom is -0.495 e. The third kappa shape index (κ3) is 8.05. The van der Waals surface area contributed by atoms with Gasteiger partial charge in [0.1, 0.15) is 18.3 Å². The smallest absolute Gasteiger partial charge is 0.264 e. The van der Waals surface area contributed by atoms with Gasteiger partial charge < -0.3 is 15.0 Å². The van der Waals surface area contributed by atoms with Gasteiger partial charge in [-0.15, -0.1) is 0 Å². The summed E-state index contributed by atoms with van der Waals surface area (Å²) < 4.78 is 34.8. The lowest BCUT2D eigenvalue weighted by atomic mass is 10.0. The van der Waals surface area contributed by atoms with Crippen LogP contribution in [0.25, 0.3) is 0 Å². The molecule has 1 atom stereocenters. The van der Waals surface area contributed by atoms with Gasteiger partial charge in [-0.3, -0.25) is 13.9 Å².